The van der Waals surface area contributed by atoms with Crippen LogP contribution >= 0.6 is 0 Å². The van der Waals surface area contributed by atoms with Crippen molar-refractivity contribution < 1.29 is 35.5 Å². The van der Waals surface area contributed by atoms with Crippen molar-refractivity contribution in [2.75, 3.05) is 13.1 Å². The second-order valence-electron chi connectivity index (χ2n) is 10.5. The van der Waals surface area contributed by atoms with Gasteiger partial charge in [0.2, 0.25) is 5.36 Å². The largest absolute Gasteiger partial charge is 0.455 e. The maximum atomic E-state index is 12.7. The molecule has 4 N–H and O–H groups in total. The van der Waals surface area contributed by atoms with Crippen molar-refractivity contribution in [3.8, 4) is 17.2 Å². The summed E-state index contributed by atoms with van der Waals surface area (Å²) in [4.78, 5) is 3.62. The molecule has 0 fully saturated rings. The van der Waals surface area contributed by atoms with Gasteiger partial charge in [0.25, 0.3) is 20.2 Å². The molecule has 0 spiro atoms. The third kappa shape index (κ3) is 4.13. The summed E-state index contributed by atoms with van der Waals surface area (Å²) in [5.41, 5.74) is 3.28. The monoisotopic (exact) mass is 593 g/mol. The SMILES string of the molecule is NOc1ccc2c3c(ccc2c1)C(c1ccc(S(=O)(=O)O)cc1S(=O)(=O)O)=c1cc2c4c(c1O3)CCC[N+]=4CCC2. The summed E-state index contributed by atoms with van der Waals surface area (Å²) in [6.45, 7) is 1.89. The molecule has 0 saturated heterocycles. The van der Waals surface area contributed by atoms with Gasteiger partial charge in [-0.2, -0.15) is 22.7 Å². The van der Waals surface area contributed by atoms with Gasteiger partial charge in [0.15, 0.2) is 0 Å². The minimum atomic E-state index is -4.93. The number of fused-ring (bicyclic) bond motifs is 5. The molecule has 0 bridgehead atoms. The van der Waals surface area contributed by atoms with E-state index in [2.05, 4.69) is 4.58 Å². The van der Waals surface area contributed by atoms with Crippen LogP contribution in [0.2, 0.25) is 0 Å². The third-order valence-electron chi connectivity index (χ3n) is 8.09. The first-order valence-corrected chi connectivity index (χ1v) is 15.9. The van der Waals surface area contributed by atoms with Gasteiger partial charge in [0.05, 0.1) is 10.5 Å². The lowest BCUT2D eigenvalue weighted by Gasteiger charge is -2.27. The van der Waals surface area contributed by atoms with Gasteiger partial charge in [0.1, 0.15) is 35.2 Å². The van der Waals surface area contributed by atoms with E-state index in [1.165, 1.54) is 6.07 Å². The summed E-state index contributed by atoms with van der Waals surface area (Å²) < 4.78 is 78.2. The van der Waals surface area contributed by atoms with Crippen LogP contribution in [0.3, 0.4) is 0 Å². The minimum absolute atomic E-state index is 0.0857. The first-order valence-electron chi connectivity index (χ1n) is 13.1. The van der Waals surface area contributed by atoms with E-state index in [-0.39, 0.29) is 5.56 Å². The van der Waals surface area contributed by atoms with E-state index in [0.29, 0.717) is 33.6 Å². The number of aryl methyl sites for hydroxylation is 1. The van der Waals surface area contributed by atoms with Crippen LogP contribution in [0.15, 0.2) is 64.4 Å². The fourth-order valence-corrected chi connectivity index (χ4v) is 7.72. The van der Waals surface area contributed by atoms with E-state index >= 15 is 0 Å². The molecule has 0 saturated carbocycles. The van der Waals surface area contributed by atoms with Crippen LogP contribution in [0.4, 0.5) is 0 Å². The predicted molar refractivity (Wildman–Crippen MR) is 150 cm³/mol. The Hall–Kier alpha value is -3.81. The van der Waals surface area contributed by atoms with Gasteiger partial charge in [-0.1, -0.05) is 12.1 Å². The zero-order chi connectivity index (χ0) is 28.7. The van der Waals surface area contributed by atoms with Gasteiger partial charge in [-0.15, -0.1) is 0 Å². The van der Waals surface area contributed by atoms with Gasteiger partial charge >= 0.3 is 0 Å². The summed E-state index contributed by atoms with van der Waals surface area (Å²) in [6, 6.07) is 14.1. The average Bonchev–Trinajstić information content (AvgIpc) is 2.95. The number of benzene rings is 4. The highest BCUT2D eigenvalue weighted by molar-refractivity contribution is 7.86. The molecular weight excluding hydrogens is 568 g/mol. The molecule has 0 radical (unpaired) electrons. The molecule has 3 aliphatic heterocycles. The van der Waals surface area contributed by atoms with Gasteiger partial charge in [-0.05, 0) is 60.7 Å². The number of nitrogens with two attached hydrogens (primary N) is 1. The van der Waals surface area contributed by atoms with E-state index in [1.807, 2.05) is 12.1 Å². The van der Waals surface area contributed by atoms with Crippen molar-refractivity contribution in [2.24, 2.45) is 5.90 Å². The normalized spacial score (nSPS) is 16.1. The van der Waals surface area contributed by atoms with Crippen LogP contribution in [-0.2, 0) is 33.1 Å². The molecule has 0 amide bonds. The zero-order valence-electron chi connectivity index (χ0n) is 21.6. The Kier molecular flexibility index (Phi) is 5.79. The second kappa shape index (κ2) is 9.10. The Bertz CT molecular complexity index is 2170. The smallest absolute Gasteiger partial charge is 0.295 e. The lowest BCUT2D eigenvalue weighted by atomic mass is 9.86. The van der Waals surface area contributed by atoms with E-state index in [9.17, 15) is 25.9 Å². The molecule has 12 heteroatoms. The van der Waals surface area contributed by atoms with E-state index in [1.54, 1.807) is 24.3 Å². The molecule has 0 aliphatic carbocycles. The first-order chi connectivity index (χ1) is 19.5. The number of hydrogen-bond donors (Lipinski definition) is 3. The van der Waals surface area contributed by atoms with Crippen molar-refractivity contribution in [3.63, 3.8) is 0 Å². The molecule has 7 rings (SSSR count). The van der Waals surface area contributed by atoms with Crippen LogP contribution in [0.25, 0.3) is 16.3 Å². The van der Waals surface area contributed by atoms with Crippen molar-refractivity contribution in [1.29, 1.82) is 0 Å². The number of rotatable bonds is 4. The van der Waals surface area contributed by atoms with Crippen LogP contribution in [0, 0.1) is 0 Å². The summed E-state index contributed by atoms with van der Waals surface area (Å²) in [5.74, 6) is 6.92. The molecule has 41 heavy (non-hydrogen) atoms. The fourth-order valence-electron chi connectivity index (χ4n) is 6.41. The molecule has 0 atom stereocenters. The topological polar surface area (TPSA) is 156 Å². The van der Waals surface area contributed by atoms with E-state index < -0.39 is 30.0 Å². The first kappa shape index (κ1) is 26.1. The molecule has 0 aromatic heterocycles. The number of nitrogens with zero attached hydrogens (tertiary/aromatic N) is 1. The average molecular weight is 594 g/mol. The molecule has 0 unspecified atom stereocenters. The molecule has 210 valence electrons. The fraction of sp³-hybridized carbons (Fsp3) is 0.207. The van der Waals surface area contributed by atoms with Gasteiger partial charge in [0, 0.05) is 45.7 Å². The molecule has 3 aliphatic rings. The summed E-state index contributed by atoms with van der Waals surface area (Å²) in [6.07, 6.45) is 3.53. The highest BCUT2D eigenvalue weighted by Crippen LogP contribution is 2.44. The standard InChI is InChI=1S/C29H24N2O8S2/c30-39-18-6-9-20-16(13-18)5-8-22-26(21-10-7-19(40(32,33)34)15-25(21)41(35,36)37)24-14-17-3-1-11-31-12-2-4-23(27(17)31)29(24)38-28(20)22/h5-10,13-15H,1-4,11-12,30H2,(H-,32,33,34,35,36,37)/p+1. The maximum absolute atomic E-state index is 12.7. The van der Waals surface area contributed by atoms with Crippen molar-refractivity contribution in [1.82, 2.24) is 4.58 Å². The Morgan fingerprint density at radius 1 is 0.829 bits per heavy atom. The highest BCUT2D eigenvalue weighted by atomic mass is 32.2. The maximum Gasteiger partial charge on any atom is 0.295 e. The highest BCUT2D eigenvalue weighted by Gasteiger charge is 2.33. The van der Waals surface area contributed by atoms with Gasteiger partial charge in [-0.25, -0.2) is 4.58 Å². The quantitative estimate of drug-likeness (QED) is 0.162. The van der Waals surface area contributed by atoms with Crippen molar-refractivity contribution in [2.45, 2.75) is 35.5 Å². The zero-order valence-corrected chi connectivity index (χ0v) is 23.3. The Labute approximate surface area is 235 Å². The van der Waals surface area contributed by atoms with Crippen molar-refractivity contribution in [3.05, 3.63) is 87.4 Å². The van der Waals surface area contributed by atoms with E-state index in [4.69, 9.17) is 15.5 Å². The summed E-state index contributed by atoms with van der Waals surface area (Å²) in [5, 5.41) is 3.31. The van der Waals surface area contributed by atoms with Crippen LogP contribution in [0.1, 0.15) is 35.1 Å². The second-order valence-corrected chi connectivity index (χ2v) is 13.3. The lowest BCUT2D eigenvalue weighted by molar-refractivity contribution is 0.335. The molecule has 4 aromatic rings. The summed E-state index contributed by atoms with van der Waals surface area (Å²) >= 11 is 0. The van der Waals surface area contributed by atoms with Crippen LogP contribution < -0.4 is 30.6 Å². The third-order valence-corrected chi connectivity index (χ3v) is 9.83. The minimum Gasteiger partial charge on any atom is -0.455 e. The Morgan fingerprint density at radius 3 is 2.32 bits per heavy atom. The Balaban J connectivity index is 1.67. The van der Waals surface area contributed by atoms with Crippen LogP contribution in [0.5, 0.6) is 17.2 Å². The van der Waals surface area contributed by atoms with E-state index in [0.717, 1.165) is 78.2 Å². The Morgan fingerprint density at radius 2 is 1.59 bits per heavy atom. The van der Waals surface area contributed by atoms with Gasteiger partial charge < -0.3 is 9.57 Å². The lowest BCUT2D eigenvalue weighted by Crippen LogP contribution is -2.45. The van der Waals surface area contributed by atoms with Crippen LogP contribution in [-0.4, -0.2) is 39.0 Å². The summed E-state index contributed by atoms with van der Waals surface area (Å²) in [7, 11) is -9.68. The molecule has 4 aromatic carbocycles. The molecular formula is C29H25N2O8S2+. The number of hydrogen-bond acceptors (Lipinski definition) is 7. The van der Waals surface area contributed by atoms with Gasteiger partial charge in [-0.3, -0.25) is 9.11 Å². The molecule has 3 heterocycles. The predicted octanol–water partition coefficient (Wildman–Crippen LogP) is 2.32. The molecule has 10 nitrogen and oxygen atoms in total. The van der Waals surface area contributed by atoms with Crippen molar-refractivity contribution >= 4 is 36.6 Å². The number of ether oxygens (including phenoxy) is 1.